The molecule has 0 heterocycles. The monoisotopic (exact) mass is 226 g/mol. The molecule has 1 aliphatic carbocycles. The SMILES string of the molecule is CCN(CC(C)C)CC1CCC(CN)CC1. The molecule has 2 nitrogen and oxygen atoms in total. The van der Waals surface area contributed by atoms with E-state index in [0.717, 1.165) is 24.3 Å². The summed E-state index contributed by atoms with van der Waals surface area (Å²) < 4.78 is 0. The number of hydrogen-bond acceptors (Lipinski definition) is 2. The number of rotatable bonds is 6. The highest BCUT2D eigenvalue weighted by molar-refractivity contribution is 4.75. The minimum atomic E-state index is 0.792. The maximum atomic E-state index is 5.73. The number of nitrogens with zero attached hydrogens (tertiary/aromatic N) is 1. The van der Waals surface area contributed by atoms with Gasteiger partial charge in [-0.3, -0.25) is 0 Å². The lowest BCUT2D eigenvalue weighted by atomic mass is 9.82. The molecule has 96 valence electrons. The van der Waals surface area contributed by atoms with Crippen molar-refractivity contribution in [2.24, 2.45) is 23.5 Å². The summed E-state index contributed by atoms with van der Waals surface area (Å²) in [5.74, 6) is 2.54. The normalized spacial score (nSPS) is 26.6. The van der Waals surface area contributed by atoms with Crippen LogP contribution in [0.2, 0.25) is 0 Å². The van der Waals surface area contributed by atoms with Crippen LogP contribution in [0.3, 0.4) is 0 Å². The van der Waals surface area contributed by atoms with E-state index in [1.807, 2.05) is 0 Å². The van der Waals surface area contributed by atoms with Crippen LogP contribution < -0.4 is 5.73 Å². The first kappa shape index (κ1) is 14.0. The molecule has 0 aliphatic heterocycles. The van der Waals surface area contributed by atoms with Crippen molar-refractivity contribution < 1.29 is 0 Å². The predicted molar refractivity (Wildman–Crippen MR) is 71.5 cm³/mol. The average Bonchev–Trinajstić information content (AvgIpc) is 2.28. The summed E-state index contributed by atoms with van der Waals surface area (Å²) in [4.78, 5) is 2.62. The molecule has 16 heavy (non-hydrogen) atoms. The molecule has 0 bridgehead atoms. The lowest BCUT2D eigenvalue weighted by molar-refractivity contribution is 0.174. The van der Waals surface area contributed by atoms with E-state index in [4.69, 9.17) is 5.73 Å². The molecule has 0 saturated heterocycles. The van der Waals surface area contributed by atoms with Crippen molar-refractivity contribution in [2.75, 3.05) is 26.2 Å². The van der Waals surface area contributed by atoms with Gasteiger partial charge in [-0.15, -0.1) is 0 Å². The Kier molecular flexibility index (Phi) is 6.37. The highest BCUT2D eigenvalue weighted by atomic mass is 15.1. The van der Waals surface area contributed by atoms with Crippen LogP contribution in [0.4, 0.5) is 0 Å². The van der Waals surface area contributed by atoms with Crippen LogP contribution in [0, 0.1) is 17.8 Å². The Hall–Kier alpha value is -0.0800. The molecular weight excluding hydrogens is 196 g/mol. The molecule has 1 fully saturated rings. The summed E-state index contributed by atoms with van der Waals surface area (Å²) in [7, 11) is 0. The average molecular weight is 226 g/mol. The first-order chi connectivity index (χ1) is 7.65. The lowest BCUT2D eigenvalue weighted by Crippen LogP contribution is -2.34. The van der Waals surface area contributed by atoms with Gasteiger partial charge in [0.05, 0.1) is 0 Å². The Labute approximate surface area is 102 Å². The Bertz CT molecular complexity index is 172. The Morgan fingerprint density at radius 2 is 1.69 bits per heavy atom. The Morgan fingerprint density at radius 1 is 1.12 bits per heavy atom. The molecule has 0 aromatic rings. The van der Waals surface area contributed by atoms with Crippen LogP contribution >= 0.6 is 0 Å². The zero-order valence-corrected chi connectivity index (χ0v) is 11.4. The summed E-state index contributed by atoms with van der Waals surface area (Å²) in [6, 6.07) is 0. The van der Waals surface area contributed by atoms with Gasteiger partial charge in [0.2, 0.25) is 0 Å². The number of nitrogens with two attached hydrogens (primary N) is 1. The van der Waals surface area contributed by atoms with Crippen molar-refractivity contribution in [3.8, 4) is 0 Å². The van der Waals surface area contributed by atoms with Gasteiger partial charge in [-0.1, -0.05) is 20.8 Å². The molecule has 2 N–H and O–H groups in total. The topological polar surface area (TPSA) is 29.3 Å². The van der Waals surface area contributed by atoms with Gasteiger partial charge >= 0.3 is 0 Å². The van der Waals surface area contributed by atoms with Crippen molar-refractivity contribution in [3.63, 3.8) is 0 Å². The first-order valence-corrected chi connectivity index (χ1v) is 7.08. The van der Waals surface area contributed by atoms with Crippen LogP contribution in [-0.4, -0.2) is 31.1 Å². The quantitative estimate of drug-likeness (QED) is 0.754. The summed E-state index contributed by atoms with van der Waals surface area (Å²) in [5.41, 5.74) is 5.73. The van der Waals surface area contributed by atoms with Gasteiger partial charge in [-0.05, 0) is 56.5 Å². The third-order valence-electron chi connectivity index (χ3n) is 3.89. The standard InChI is InChI=1S/C14H30N2/c1-4-16(10-12(2)3)11-14-7-5-13(9-15)6-8-14/h12-14H,4-11,15H2,1-3H3. The van der Waals surface area contributed by atoms with Crippen molar-refractivity contribution in [3.05, 3.63) is 0 Å². The number of hydrogen-bond donors (Lipinski definition) is 1. The zero-order valence-electron chi connectivity index (χ0n) is 11.4. The fourth-order valence-electron chi connectivity index (χ4n) is 2.86. The molecular formula is C14H30N2. The summed E-state index contributed by atoms with van der Waals surface area (Å²) in [6.45, 7) is 11.6. The minimum absolute atomic E-state index is 0.792. The molecule has 1 aliphatic rings. The fraction of sp³-hybridized carbons (Fsp3) is 1.00. The molecule has 1 saturated carbocycles. The summed E-state index contributed by atoms with van der Waals surface area (Å²) >= 11 is 0. The highest BCUT2D eigenvalue weighted by Gasteiger charge is 2.21. The summed E-state index contributed by atoms with van der Waals surface area (Å²) in [5, 5.41) is 0. The molecule has 0 amide bonds. The van der Waals surface area contributed by atoms with E-state index in [2.05, 4.69) is 25.7 Å². The predicted octanol–water partition coefficient (Wildman–Crippen LogP) is 2.73. The first-order valence-electron chi connectivity index (χ1n) is 7.08. The maximum absolute atomic E-state index is 5.73. The van der Waals surface area contributed by atoms with Crippen molar-refractivity contribution in [1.82, 2.24) is 4.90 Å². The van der Waals surface area contributed by atoms with Gasteiger partial charge in [-0.25, -0.2) is 0 Å². The maximum Gasteiger partial charge on any atom is 0.000966 e. The van der Waals surface area contributed by atoms with Crippen molar-refractivity contribution >= 4 is 0 Å². The van der Waals surface area contributed by atoms with E-state index in [0.29, 0.717) is 0 Å². The van der Waals surface area contributed by atoms with Gasteiger partial charge in [0, 0.05) is 13.1 Å². The van der Waals surface area contributed by atoms with Gasteiger partial charge in [0.15, 0.2) is 0 Å². The summed E-state index contributed by atoms with van der Waals surface area (Å²) in [6.07, 6.45) is 5.52. The molecule has 0 aromatic heterocycles. The molecule has 1 rings (SSSR count). The zero-order chi connectivity index (χ0) is 12.0. The lowest BCUT2D eigenvalue weighted by Gasteiger charge is -2.32. The van der Waals surface area contributed by atoms with E-state index in [-0.39, 0.29) is 0 Å². The van der Waals surface area contributed by atoms with Gasteiger partial charge < -0.3 is 10.6 Å². The second kappa shape index (κ2) is 7.29. The van der Waals surface area contributed by atoms with Crippen molar-refractivity contribution in [1.29, 1.82) is 0 Å². The van der Waals surface area contributed by atoms with Crippen LogP contribution in [0.1, 0.15) is 46.5 Å². The molecule has 0 atom stereocenters. The van der Waals surface area contributed by atoms with E-state index in [9.17, 15) is 0 Å². The highest BCUT2D eigenvalue weighted by Crippen LogP contribution is 2.28. The molecule has 0 unspecified atom stereocenters. The minimum Gasteiger partial charge on any atom is -0.330 e. The van der Waals surface area contributed by atoms with Crippen LogP contribution in [0.5, 0.6) is 0 Å². The van der Waals surface area contributed by atoms with E-state index in [1.165, 1.54) is 45.3 Å². The Morgan fingerprint density at radius 3 is 2.12 bits per heavy atom. The van der Waals surface area contributed by atoms with E-state index >= 15 is 0 Å². The third kappa shape index (κ3) is 4.84. The van der Waals surface area contributed by atoms with Gasteiger partial charge in [0.1, 0.15) is 0 Å². The van der Waals surface area contributed by atoms with Crippen LogP contribution in [0.15, 0.2) is 0 Å². The second-order valence-corrected chi connectivity index (χ2v) is 5.87. The van der Waals surface area contributed by atoms with Crippen LogP contribution in [0.25, 0.3) is 0 Å². The largest absolute Gasteiger partial charge is 0.330 e. The van der Waals surface area contributed by atoms with E-state index in [1.54, 1.807) is 0 Å². The fourth-order valence-corrected chi connectivity index (χ4v) is 2.86. The Balaban J connectivity index is 2.25. The molecule has 2 heteroatoms. The molecule has 0 spiro atoms. The second-order valence-electron chi connectivity index (χ2n) is 5.87. The third-order valence-corrected chi connectivity index (χ3v) is 3.89. The molecule has 0 radical (unpaired) electrons. The smallest absolute Gasteiger partial charge is 0.000966 e. The van der Waals surface area contributed by atoms with Crippen LogP contribution in [-0.2, 0) is 0 Å². The molecule has 0 aromatic carbocycles. The van der Waals surface area contributed by atoms with Gasteiger partial charge in [-0.2, -0.15) is 0 Å². The van der Waals surface area contributed by atoms with Crippen molar-refractivity contribution in [2.45, 2.75) is 46.5 Å². The van der Waals surface area contributed by atoms with Gasteiger partial charge in [0.25, 0.3) is 0 Å². The van der Waals surface area contributed by atoms with E-state index < -0.39 is 0 Å².